The molecule has 5 nitrogen and oxygen atoms in total. The zero-order chi connectivity index (χ0) is 15.1. The van der Waals surface area contributed by atoms with Crippen LogP contribution in [0.3, 0.4) is 0 Å². The first-order chi connectivity index (χ1) is 10.2. The lowest BCUT2D eigenvalue weighted by Gasteiger charge is -2.32. The highest BCUT2D eigenvalue weighted by molar-refractivity contribution is 5.98. The van der Waals surface area contributed by atoms with Crippen molar-refractivity contribution < 1.29 is 4.79 Å². The molecule has 2 N–H and O–H groups in total. The fraction of sp³-hybridized carbons (Fsp3) is 0.625. The molecule has 21 heavy (non-hydrogen) atoms. The zero-order valence-electron chi connectivity index (χ0n) is 13.1. The maximum absolute atomic E-state index is 12.4. The summed E-state index contributed by atoms with van der Waals surface area (Å²) in [6.45, 7) is 4.74. The Balaban J connectivity index is 1.93. The standard InChI is InChI=1S/C16H26N4O/c1-3-9-17-15-14(8-6-10-18-15)16(21)19-12-13-7-4-5-11-20(13)2/h6,8,10,13H,3-5,7,9,11-12H2,1-2H3,(H,17,18)(H,19,21). The highest BCUT2D eigenvalue weighted by Crippen LogP contribution is 2.15. The van der Waals surface area contributed by atoms with Crippen LogP contribution in [0.5, 0.6) is 0 Å². The number of carbonyl (C=O) groups is 1. The highest BCUT2D eigenvalue weighted by atomic mass is 16.1. The Labute approximate surface area is 127 Å². The third-order valence-corrected chi connectivity index (χ3v) is 4.01. The number of anilines is 1. The third-order valence-electron chi connectivity index (χ3n) is 4.01. The lowest BCUT2D eigenvalue weighted by molar-refractivity contribution is 0.0929. The molecule has 1 fully saturated rings. The Morgan fingerprint density at radius 3 is 3.10 bits per heavy atom. The van der Waals surface area contributed by atoms with Crippen molar-refractivity contribution in [3.63, 3.8) is 0 Å². The molecule has 1 aliphatic rings. The number of piperidine rings is 1. The molecule has 0 bridgehead atoms. The fourth-order valence-corrected chi connectivity index (χ4v) is 2.68. The second-order valence-corrected chi connectivity index (χ2v) is 5.67. The average Bonchev–Trinajstić information content (AvgIpc) is 2.52. The van der Waals surface area contributed by atoms with Crippen molar-refractivity contribution in [1.82, 2.24) is 15.2 Å². The number of pyridine rings is 1. The van der Waals surface area contributed by atoms with Crippen LogP contribution in [-0.4, -0.2) is 48.5 Å². The summed E-state index contributed by atoms with van der Waals surface area (Å²) in [7, 11) is 2.13. The van der Waals surface area contributed by atoms with E-state index in [2.05, 4.69) is 34.5 Å². The fourth-order valence-electron chi connectivity index (χ4n) is 2.68. The number of nitrogens with one attached hydrogen (secondary N) is 2. The lowest BCUT2D eigenvalue weighted by atomic mass is 10.0. The van der Waals surface area contributed by atoms with Gasteiger partial charge in [0.05, 0.1) is 5.56 Å². The average molecular weight is 290 g/mol. The molecule has 1 aromatic heterocycles. The molecule has 1 amide bonds. The van der Waals surface area contributed by atoms with Crippen LogP contribution in [0.4, 0.5) is 5.82 Å². The minimum Gasteiger partial charge on any atom is -0.369 e. The molecule has 5 heteroatoms. The van der Waals surface area contributed by atoms with E-state index < -0.39 is 0 Å². The summed E-state index contributed by atoms with van der Waals surface area (Å²) in [5, 5.41) is 6.26. The van der Waals surface area contributed by atoms with Crippen LogP contribution in [0.15, 0.2) is 18.3 Å². The highest BCUT2D eigenvalue weighted by Gasteiger charge is 2.20. The first kappa shape index (κ1) is 15.8. The molecule has 1 atom stereocenters. The van der Waals surface area contributed by atoms with Gasteiger partial charge in [0.1, 0.15) is 5.82 Å². The Hall–Kier alpha value is -1.62. The SMILES string of the molecule is CCCNc1ncccc1C(=O)NCC1CCCCN1C. The van der Waals surface area contributed by atoms with Crippen molar-refractivity contribution in [3.05, 3.63) is 23.9 Å². The van der Waals surface area contributed by atoms with E-state index in [1.165, 1.54) is 12.8 Å². The van der Waals surface area contributed by atoms with E-state index in [1.807, 2.05) is 6.07 Å². The summed E-state index contributed by atoms with van der Waals surface area (Å²) in [5.41, 5.74) is 0.629. The quantitative estimate of drug-likeness (QED) is 0.842. The number of carbonyl (C=O) groups excluding carboxylic acids is 1. The van der Waals surface area contributed by atoms with Crippen LogP contribution in [0.1, 0.15) is 43.0 Å². The van der Waals surface area contributed by atoms with Gasteiger partial charge >= 0.3 is 0 Å². The van der Waals surface area contributed by atoms with Crippen LogP contribution in [0.2, 0.25) is 0 Å². The van der Waals surface area contributed by atoms with E-state index in [4.69, 9.17) is 0 Å². The predicted octanol–water partition coefficient (Wildman–Crippen LogP) is 2.12. The first-order valence-corrected chi connectivity index (χ1v) is 7.89. The van der Waals surface area contributed by atoms with Crippen molar-refractivity contribution in [3.8, 4) is 0 Å². The van der Waals surface area contributed by atoms with Crippen LogP contribution >= 0.6 is 0 Å². The number of likely N-dealkylation sites (N-methyl/N-ethyl adjacent to an activating group) is 1. The van der Waals surface area contributed by atoms with E-state index >= 15 is 0 Å². The molecule has 1 aromatic rings. The maximum Gasteiger partial charge on any atom is 0.255 e. The molecular formula is C16H26N4O. The van der Waals surface area contributed by atoms with E-state index in [1.54, 1.807) is 12.3 Å². The van der Waals surface area contributed by atoms with Crippen molar-refractivity contribution in [2.75, 3.05) is 32.0 Å². The van der Waals surface area contributed by atoms with Gasteiger partial charge in [0.15, 0.2) is 0 Å². The number of nitrogens with zero attached hydrogens (tertiary/aromatic N) is 2. The zero-order valence-corrected chi connectivity index (χ0v) is 13.1. The summed E-state index contributed by atoms with van der Waals surface area (Å²) < 4.78 is 0. The Bertz CT molecular complexity index is 463. The van der Waals surface area contributed by atoms with E-state index in [9.17, 15) is 4.79 Å². The van der Waals surface area contributed by atoms with Crippen LogP contribution in [0.25, 0.3) is 0 Å². The Morgan fingerprint density at radius 2 is 2.33 bits per heavy atom. The number of hydrogen-bond acceptors (Lipinski definition) is 4. The molecule has 0 aromatic carbocycles. The van der Waals surface area contributed by atoms with Gasteiger partial charge in [0.25, 0.3) is 5.91 Å². The van der Waals surface area contributed by atoms with Gasteiger partial charge < -0.3 is 15.5 Å². The lowest BCUT2D eigenvalue weighted by Crippen LogP contribution is -2.44. The summed E-state index contributed by atoms with van der Waals surface area (Å²) >= 11 is 0. The molecule has 1 aliphatic heterocycles. The minimum atomic E-state index is -0.0410. The summed E-state index contributed by atoms with van der Waals surface area (Å²) in [4.78, 5) is 19.0. The van der Waals surface area contributed by atoms with Crippen molar-refractivity contribution in [1.29, 1.82) is 0 Å². The summed E-state index contributed by atoms with van der Waals surface area (Å²) in [5.74, 6) is 0.634. The molecule has 0 saturated carbocycles. The van der Waals surface area contributed by atoms with Gasteiger partial charge in [-0.2, -0.15) is 0 Å². The van der Waals surface area contributed by atoms with Crippen LogP contribution in [0, 0.1) is 0 Å². The number of likely N-dealkylation sites (tertiary alicyclic amines) is 1. The molecule has 116 valence electrons. The maximum atomic E-state index is 12.4. The number of rotatable bonds is 6. The van der Waals surface area contributed by atoms with Gasteiger partial charge in [-0.05, 0) is 45.0 Å². The molecule has 0 aliphatic carbocycles. The summed E-state index contributed by atoms with van der Waals surface area (Å²) in [6, 6.07) is 4.08. The van der Waals surface area contributed by atoms with E-state index in [0.29, 0.717) is 24.0 Å². The predicted molar refractivity (Wildman–Crippen MR) is 85.6 cm³/mol. The molecule has 1 saturated heterocycles. The molecular weight excluding hydrogens is 264 g/mol. The number of amides is 1. The van der Waals surface area contributed by atoms with Gasteiger partial charge in [-0.3, -0.25) is 4.79 Å². The smallest absolute Gasteiger partial charge is 0.255 e. The molecule has 1 unspecified atom stereocenters. The molecule has 2 rings (SSSR count). The monoisotopic (exact) mass is 290 g/mol. The second-order valence-electron chi connectivity index (χ2n) is 5.67. The van der Waals surface area contributed by atoms with Crippen LogP contribution < -0.4 is 10.6 Å². The van der Waals surface area contributed by atoms with Gasteiger partial charge in [-0.25, -0.2) is 4.98 Å². The Kier molecular flexibility index (Phi) is 5.99. The number of aromatic nitrogens is 1. The topological polar surface area (TPSA) is 57.3 Å². The van der Waals surface area contributed by atoms with Gasteiger partial charge in [0, 0.05) is 25.3 Å². The van der Waals surface area contributed by atoms with E-state index in [0.717, 1.165) is 25.9 Å². The van der Waals surface area contributed by atoms with E-state index in [-0.39, 0.29) is 5.91 Å². The second kappa shape index (κ2) is 7.98. The first-order valence-electron chi connectivity index (χ1n) is 7.89. The number of hydrogen-bond donors (Lipinski definition) is 2. The van der Waals surface area contributed by atoms with Crippen molar-refractivity contribution in [2.45, 2.75) is 38.6 Å². The third kappa shape index (κ3) is 4.43. The van der Waals surface area contributed by atoms with Gasteiger partial charge in [-0.1, -0.05) is 13.3 Å². The molecule has 0 spiro atoms. The van der Waals surface area contributed by atoms with Crippen LogP contribution in [-0.2, 0) is 0 Å². The Morgan fingerprint density at radius 1 is 1.48 bits per heavy atom. The largest absolute Gasteiger partial charge is 0.369 e. The van der Waals surface area contributed by atoms with Gasteiger partial charge in [0.2, 0.25) is 0 Å². The summed E-state index contributed by atoms with van der Waals surface area (Å²) in [6.07, 6.45) is 6.38. The van der Waals surface area contributed by atoms with Crippen molar-refractivity contribution in [2.24, 2.45) is 0 Å². The van der Waals surface area contributed by atoms with Gasteiger partial charge in [-0.15, -0.1) is 0 Å². The molecule has 2 heterocycles. The molecule has 0 radical (unpaired) electrons. The van der Waals surface area contributed by atoms with Crippen molar-refractivity contribution >= 4 is 11.7 Å². The minimum absolute atomic E-state index is 0.0410. The normalized spacial score (nSPS) is 19.2.